The van der Waals surface area contributed by atoms with E-state index in [9.17, 15) is 17.6 Å². The van der Waals surface area contributed by atoms with Crippen molar-refractivity contribution in [3.05, 3.63) is 71.3 Å². The highest BCUT2D eigenvalue weighted by molar-refractivity contribution is 7.91. The van der Waals surface area contributed by atoms with Crippen molar-refractivity contribution in [3.63, 3.8) is 0 Å². The Hall–Kier alpha value is -2.29. The van der Waals surface area contributed by atoms with E-state index in [1.165, 1.54) is 74.3 Å². The lowest BCUT2D eigenvalue weighted by molar-refractivity contribution is -0.221. The minimum absolute atomic E-state index is 0. The van der Waals surface area contributed by atoms with Crippen molar-refractivity contribution in [2.24, 2.45) is 56.7 Å². The maximum Gasteiger partial charge on any atom is 0.315 e. The number of halogens is 1. The molecule has 1 N–H and O–H groups in total. The van der Waals surface area contributed by atoms with Gasteiger partial charge in [0, 0.05) is 24.9 Å². The molecule has 10 atom stereocenters. The van der Waals surface area contributed by atoms with Gasteiger partial charge >= 0.3 is 5.97 Å². The van der Waals surface area contributed by atoms with Crippen LogP contribution in [-0.4, -0.2) is 69.2 Å². The number of esters is 1. The third-order valence-electron chi connectivity index (χ3n) is 19.5. The molecule has 1 aromatic carbocycles. The summed E-state index contributed by atoms with van der Waals surface area (Å²) in [4.78, 5) is 15.9. The standard InChI is InChI=1S/C52H77FN2O4S.CH4/c1-36(2)40-18-27-52(54-30-33-55-31-21-39(22-32-55)60(8,57)58)29-28-49(6)42(45(40)52)14-15-44-48(5)23-19-41(47(3,4)43(48)20-24-50(44,49)7)38-16-25-51(35-53,26-17-38)46(56)59-34-37-12-10-9-11-13-37;/h9-13,16,19,39-40,42-45,54H,1,14-15,17-18,20-35H2,2-8H3;1H4/t40-,42+,43-,44+,45+,48-,49+,50+,51+,52-;/m0./s1. The molecule has 0 amide bonds. The van der Waals surface area contributed by atoms with Gasteiger partial charge in [0.2, 0.25) is 0 Å². The second-order valence-corrected chi connectivity index (χ2v) is 24.9. The molecule has 1 aromatic rings. The Bertz CT molecular complexity index is 1970. The average Bonchev–Trinajstić information content (AvgIpc) is 3.60. The van der Waals surface area contributed by atoms with E-state index in [0.717, 1.165) is 51.0 Å². The summed E-state index contributed by atoms with van der Waals surface area (Å²) in [7, 11) is -2.96. The lowest BCUT2D eigenvalue weighted by Gasteiger charge is -2.72. The van der Waals surface area contributed by atoms with Gasteiger partial charge in [0.25, 0.3) is 0 Å². The third-order valence-corrected chi connectivity index (χ3v) is 21.2. The van der Waals surface area contributed by atoms with Gasteiger partial charge in [-0.1, -0.05) is 96.7 Å². The molecule has 0 unspecified atom stereocenters. The average molecular weight is 861 g/mol. The van der Waals surface area contributed by atoms with Crippen molar-refractivity contribution in [1.29, 1.82) is 0 Å². The number of hydrogen-bond donors (Lipinski definition) is 1. The van der Waals surface area contributed by atoms with E-state index in [1.807, 2.05) is 30.3 Å². The highest BCUT2D eigenvalue weighted by Gasteiger charge is 2.70. The molecule has 340 valence electrons. The quantitative estimate of drug-likeness (QED) is 0.176. The Morgan fingerprint density at radius 1 is 0.885 bits per heavy atom. The van der Waals surface area contributed by atoms with Crippen LogP contribution in [0.1, 0.15) is 144 Å². The van der Waals surface area contributed by atoms with E-state index in [4.69, 9.17) is 4.74 Å². The molecule has 0 aromatic heterocycles. The van der Waals surface area contributed by atoms with E-state index < -0.39 is 27.9 Å². The predicted molar refractivity (Wildman–Crippen MR) is 248 cm³/mol. The molecule has 8 rings (SSSR count). The summed E-state index contributed by atoms with van der Waals surface area (Å²) in [6, 6.07) is 9.68. The predicted octanol–water partition coefficient (Wildman–Crippen LogP) is 11.5. The largest absolute Gasteiger partial charge is 0.460 e. The van der Waals surface area contributed by atoms with Gasteiger partial charge < -0.3 is 15.0 Å². The first kappa shape index (κ1) is 46.7. The summed E-state index contributed by atoms with van der Waals surface area (Å²) in [6.45, 7) is 23.2. The molecule has 4 saturated carbocycles. The molecule has 0 spiro atoms. The zero-order chi connectivity index (χ0) is 42.9. The van der Waals surface area contributed by atoms with Crippen molar-refractivity contribution in [1.82, 2.24) is 10.2 Å². The van der Waals surface area contributed by atoms with Crippen LogP contribution in [0.2, 0.25) is 0 Å². The number of fused-ring (bicyclic) bond motifs is 7. The molecular weight excluding hydrogens is 780 g/mol. The van der Waals surface area contributed by atoms with Gasteiger partial charge in [0.15, 0.2) is 0 Å². The zero-order valence-corrected chi connectivity index (χ0v) is 39.0. The SMILES string of the molecule is C.C=C(C)[C@@H]1CC[C@]2(NCCN3CCC(S(C)(=O)=O)CC3)CC[C@]3(C)[C@H](CC[C@@H]4[C@@]5(C)CC=C(C6=CC[C@@](CF)(C(=O)OCc7ccccc7)CC6)C(C)(C)[C@@H]5CC[C@]43C)[C@@H]12. The highest BCUT2D eigenvalue weighted by Crippen LogP contribution is 2.76. The fraction of sp³-hybridized carbons (Fsp3) is 0.755. The van der Waals surface area contributed by atoms with E-state index >= 15 is 0 Å². The second kappa shape index (κ2) is 16.9. The number of nitrogens with one attached hydrogen (secondary N) is 1. The van der Waals surface area contributed by atoms with Crippen LogP contribution in [-0.2, 0) is 26.0 Å². The summed E-state index contributed by atoms with van der Waals surface area (Å²) in [6.07, 6.45) is 20.5. The van der Waals surface area contributed by atoms with Gasteiger partial charge in [-0.15, -0.1) is 0 Å². The number of benzene rings is 1. The maximum absolute atomic E-state index is 14.8. The first-order valence-electron chi connectivity index (χ1n) is 23.8. The number of carbonyl (C=O) groups excluding carboxylic acids is 1. The number of sulfone groups is 1. The highest BCUT2D eigenvalue weighted by atomic mass is 32.2. The topological polar surface area (TPSA) is 75.7 Å². The van der Waals surface area contributed by atoms with E-state index in [2.05, 4.69) is 70.5 Å². The molecule has 1 saturated heterocycles. The van der Waals surface area contributed by atoms with Crippen LogP contribution in [0.4, 0.5) is 4.39 Å². The number of hydrogen-bond acceptors (Lipinski definition) is 6. The van der Waals surface area contributed by atoms with Crippen molar-refractivity contribution >= 4 is 15.8 Å². The Kier molecular flexibility index (Phi) is 13.0. The number of allylic oxidation sites excluding steroid dienone is 5. The molecule has 0 radical (unpaired) electrons. The maximum atomic E-state index is 14.8. The number of nitrogens with zero attached hydrogens (tertiary/aromatic N) is 1. The molecule has 0 bridgehead atoms. The van der Waals surface area contributed by atoms with Crippen LogP contribution in [0.3, 0.4) is 0 Å². The van der Waals surface area contributed by atoms with Gasteiger partial charge in [0.1, 0.15) is 23.1 Å². The molecular formula is C53H81FN2O4S. The van der Waals surface area contributed by atoms with Gasteiger partial charge in [-0.3, -0.25) is 4.79 Å². The van der Waals surface area contributed by atoms with E-state index in [1.54, 1.807) is 0 Å². The number of carbonyl (C=O) groups is 1. The van der Waals surface area contributed by atoms with Gasteiger partial charge in [-0.05, 0) is 178 Å². The summed E-state index contributed by atoms with van der Waals surface area (Å²) in [5.41, 5.74) is 4.83. The number of ether oxygens (including phenoxy) is 1. The van der Waals surface area contributed by atoms with Crippen LogP contribution in [0.25, 0.3) is 0 Å². The van der Waals surface area contributed by atoms with Gasteiger partial charge in [0.05, 0.1) is 10.7 Å². The van der Waals surface area contributed by atoms with Gasteiger partial charge in [-0.25, -0.2) is 12.8 Å². The Morgan fingerprint density at radius 2 is 1.61 bits per heavy atom. The lowest BCUT2D eigenvalue weighted by atomic mass is 9.33. The first-order valence-corrected chi connectivity index (χ1v) is 25.8. The zero-order valence-electron chi connectivity index (χ0n) is 38.2. The second-order valence-electron chi connectivity index (χ2n) is 22.6. The van der Waals surface area contributed by atoms with Crippen LogP contribution < -0.4 is 5.32 Å². The molecule has 7 aliphatic rings. The monoisotopic (exact) mass is 861 g/mol. The number of likely N-dealkylation sites (tertiary alicyclic amines) is 1. The molecule has 8 heteroatoms. The summed E-state index contributed by atoms with van der Waals surface area (Å²) < 4.78 is 44.9. The Balaban J connectivity index is 0.00000561. The molecule has 1 aliphatic heterocycles. The molecule has 5 fully saturated rings. The number of piperidine rings is 1. The van der Waals surface area contributed by atoms with Crippen LogP contribution in [0, 0.1) is 56.7 Å². The summed E-state index contributed by atoms with van der Waals surface area (Å²) in [5, 5.41) is 4.09. The Morgan fingerprint density at radius 3 is 2.25 bits per heavy atom. The number of alkyl halides is 1. The molecule has 61 heavy (non-hydrogen) atoms. The third kappa shape index (κ3) is 7.78. The minimum atomic E-state index is -2.96. The van der Waals surface area contributed by atoms with Crippen LogP contribution >= 0.6 is 0 Å². The van der Waals surface area contributed by atoms with Crippen molar-refractivity contribution in [2.45, 2.75) is 156 Å². The summed E-state index contributed by atoms with van der Waals surface area (Å²) in [5.74, 6) is 2.64. The first-order chi connectivity index (χ1) is 28.3. The molecule has 6 nitrogen and oxygen atoms in total. The van der Waals surface area contributed by atoms with Crippen molar-refractivity contribution in [2.75, 3.05) is 39.1 Å². The van der Waals surface area contributed by atoms with E-state index in [-0.39, 0.29) is 46.5 Å². The van der Waals surface area contributed by atoms with Crippen molar-refractivity contribution < 1.29 is 22.3 Å². The molecule has 6 aliphatic carbocycles. The van der Waals surface area contributed by atoms with Gasteiger partial charge in [-0.2, -0.15) is 0 Å². The van der Waals surface area contributed by atoms with Crippen LogP contribution in [0.15, 0.2) is 65.8 Å². The smallest absolute Gasteiger partial charge is 0.315 e. The van der Waals surface area contributed by atoms with E-state index in [0.29, 0.717) is 48.9 Å². The fourth-order valence-corrected chi connectivity index (χ4v) is 17.1. The molecule has 1 heterocycles. The van der Waals surface area contributed by atoms with Crippen LogP contribution in [0.5, 0.6) is 0 Å². The van der Waals surface area contributed by atoms with Crippen molar-refractivity contribution in [3.8, 4) is 0 Å². The summed E-state index contributed by atoms with van der Waals surface area (Å²) >= 11 is 0. The minimum Gasteiger partial charge on any atom is -0.460 e. The fourth-order valence-electron chi connectivity index (χ4n) is 16.0. The normalized spacial score (nSPS) is 39.9. The number of rotatable bonds is 11. The Labute approximate surface area is 370 Å². The lowest BCUT2D eigenvalue weighted by Crippen LogP contribution is -2.68.